The molecule has 3 fully saturated rings. The van der Waals surface area contributed by atoms with Crippen LogP contribution >= 0.6 is 0 Å². The zero-order valence-electron chi connectivity index (χ0n) is 18.4. The molecule has 3 aliphatic rings. The van der Waals surface area contributed by atoms with Gasteiger partial charge in [0.05, 0.1) is 4.92 Å². The summed E-state index contributed by atoms with van der Waals surface area (Å²) in [4.78, 5) is 25.7. The summed E-state index contributed by atoms with van der Waals surface area (Å²) in [6.45, 7) is 8.01. The van der Waals surface area contributed by atoms with Gasteiger partial charge in [-0.15, -0.1) is 0 Å². The molecule has 2 bridgehead atoms. The van der Waals surface area contributed by atoms with Crippen molar-refractivity contribution < 1.29 is 18.1 Å². The number of carbonyl (C=O) groups excluding carboxylic acids is 1. The first-order chi connectivity index (χ1) is 14.4. The first kappa shape index (κ1) is 22.2. The topological polar surface area (TPSA) is 101 Å². The second kappa shape index (κ2) is 7.55. The standard InChI is InChI=1S/C22H31N3O5S/c1-21(2)12-17-13-22(3,14-21)15-24(17)20(26)16-8-10-23(11-9-16)31(29,30)19-7-5-4-6-18(19)25(27)28/h4-7,16-17H,8-15H2,1-3H3/t17-,22+/m0/s1. The van der Waals surface area contributed by atoms with E-state index < -0.39 is 20.6 Å². The molecule has 1 saturated carbocycles. The molecule has 2 atom stereocenters. The molecule has 170 valence electrons. The van der Waals surface area contributed by atoms with Crippen LogP contribution in [0.3, 0.4) is 0 Å². The fraction of sp³-hybridized carbons (Fsp3) is 0.682. The number of hydrogen-bond donors (Lipinski definition) is 0. The SMILES string of the molecule is CC1(C)C[C@H]2C[C@@](C)(CN2C(=O)C2CCN(S(=O)(=O)c3ccccc3[N+](=O)[O-])CC2)C1. The van der Waals surface area contributed by atoms with Gasteiger partial charge >= 0.3 is 0 Å². The Labute approximate surface area is 183 Å². The van der Waals surface area contributed by atoms with Crippen LogP contribution in [0, 0.1) is 26.9 Å². The van der Waals surface area contributed by atoms with Gasteiger partial charge in [-0.3, -0.25) is 14.9 Å². The number of sulfonamides is 1. The Morgan fingerprint density at radius 2 is 1.77 bits per heavy atom. The quantitative estimate of drug-likeness (QED) is 0.518. The Morgan fingerprint density at radius 3 is 2.42 bits per heavy atom. The van der Waals surface area contributed by atoms with Crippen molar-refractivity contribution in [3.05, 3.63) is 34.4 Å². The Morgan fingerprint density at radius 1 is 1.13 bits per heavy atom. The summed E-state index contributed by atoms with van der Waals surface area (Å²) >= 11 is 0. The minimum atomic E-state index is -3.98. The van der Waals surface area contributed by atoms with Gasteiger partial charge < -0.3 is 4.90 Å². The van der Waals surface area contributed by atoms with Crippen molar-refractivity contribution in [2.75, 3.05) is 19.6 Å². The highest BCUT2D eigenvalue weighted by atomic mass is 32.2. The lowest BCUT2D eigenvalue weighted by molar-refractivity contribution is -0.387. The van der Waals surface area contributed by atoms with Crippen LogP contribution in [0.1, 0.15) is 52.9 Å². The molecule has 0 aromatic heterocycles. The summed E-state index contributed by atoms with van der Waals surface area (Å²) in [5, 5.41) is 11.3. The van der Waals surface area contributed by atoms with E-state index in [9.17, 15) is 23.3 Å². The number of hydrogen-bond acceptors (Lipinski definition) is 5. The average Bonchev–Trinajstić information content (AvgIpc) is 2.96. The minimum Gasteiger partial charge on any atom is -0.339 e. The third-order valence-electron chi connectivity index (χ3n) is 7.18. The fourth-order valence-electron chi connectivity index (χ4n) is 6.26. The van der Waals surface area contributed by atoms with E-state index in [1.54, 1.807) is 0 Å². The summed E-state index contributed by atoms with van der Waals surface area (Å²) in [7, 11) is -3.98. The third-order valence-corrected chi connectivity index (χ3v) is 9.13. The van der Waals surface area contributed by atoms with Gasteiger partial charge in [0, 0.05) is 37.7 Å². The maximum absolute atomic E-state index is 13.3. The zero-order valence-corrected chi connectivity index (χ0v) is 19.2. The van der Waals surface area contributed by atoms with Gasteiger partial charge in [0.15, 0.2) is 4.90 Å². The summed E-state index contributed by atoms with van der Waals surface area (Å²) < 4.78 is 27.4. The Balaban J connectivity index is 1.45. The van der Waals surface area contributed by atoms with Gasteiger partial charge in [0.1, 0.15) is 0 Å². The molecule has 31 heavy (non-hydrogen) atoms. The van der Waals surface area contributed by atoms with Crippen LogP contribution in [0.4, 0.5) is 5.69 Å². The molecule has 2 saturated heterocycles. The molecule has 8 nitrogen and oxygen atoms in total. The van der Waals surface area contributed by atoms with Gasteiger partial charge in [-0.25, -0.2) is 8.42 Å². The lowest BCUT2D eigenvalue weighted by Gasteiger charge is -2.39. The highest BCUT2D eigenvalue weighted by Gasteiger charge is 2.52. The number of para-hydroxylation sites is 1. The number of piperidine rings is 1. The van der Waals surface area contributed by atoms with Crippen molar-refractivity contribution in [3.8, 4) is 0 Å². The van der Waals surface area contributed by atoms with Crippen LogP contribution in [0.15, 0.2) is 29.2 Å². The number of rotatable bonds is 4. The molecular formula is C22H31N3O5S. The van der Waals surface area contributed by atoms with Crippen molar-refractivity contribution in [3.63, 3.8) is 0 Å². The van der Waals surface area contributed by atoms with E-state index in [1.807, 2.05) is 0 Å². The molecule has 1 amide bonds. The fourth-order valence-corrected chi connectivity index (χ4v) is 7.89. The largest absolute Gasteiger partial charge is 0.339 e. The number of nitrogens with zero attached hydrogens (tertiary/aromatic N) is 3. The molecule has 0 unspecified atom stereocenters. The van der Waals surface area contributed by atoms with Crippen LogP contribution in [-0.2, 0) is 14.8 Å². The van der Waals surface area contributed by atoms with Crippen LogP contribution in [0.25, 0.3) is 0 Å². The minimum absolute atomic E-state index is 0.147. The Kier molecular flexibility index (Phi) is 5.41. The van der Waals surface area contributed by atoms with Crippen molar-refractivity contribution >= 4 is 21.6 Å². The highest BCUT2D eigenvalue weighted by Crippen LogP contribution is 2.53. The molecule has 1 aromatic carbocycles. The molecule has 1 aromatic rings. The van der Waals surface area contributed by atoms with Crippen molar-refractivity contribution in [1.82, 2.24) is 9.21 Å². The summed E-state index contributed by atoms with van der Waals surface area (Å²) in [6, 6.07) is 5.70. The monoisotopic (exact) mass is 449 g/mol. The van der Waals surface area contributed by atoms with E-state index in [2.05, 4.69) is 25.7 Å². The molecule has 0 radical (unpaired) electrons. The number of likely N-dealkylation sites (tertiary alicyclic amines) is 1. The first-order valence-electron chi connectivity index (χ1n) is 11.0. The van der Waals surface area contributed by atoms with E-state index >= 15 is 0 Å². The van der Waals surface area contributed by atoms with E-state index in [1.165, 1.54) is 28.6 Å². The van der Waals surface area contributed by atoms with E-state index in [-0.39, 0.29) is 46.7 Å². The van der Waals surface area contributed by atoms with Gasteiger partial charge in [0.25, 0.3) is 5.69 Å². The zero-order chi connectivity index (χ0) is 22.6. The van der Waals surface area contributed by atoms with Crippen molar-refractivity contribution in [1.29, 1.82) is 0 Å². The van der Waals surface area contributed by atoms with E-state index in [0.717, 1.165) is 25.8 Å². The summed E-state index contributed by atoms with van der Waals surface area (Å²) in [5.74, 6) is -0.0440. The second-order valence-electron chi connectivity index (χ2n) is 10.6. The molecule has 0 spiro atoms. The number of benzene rings is 1. The average molecular weight is 450 g/mol. The predicted molar refractivity (Wildman–Crippen MR) is 116 cm³/mol. The lowest BCUT2D eigenvalue weighted by atomic mass is 9.65. The number of amides is 1. The van der Waals surface area contributed by atoms with Gasteiger partial charge in [-0.1, -0.05) is 32.9 Å². The molecule has 4 rings (SSSR count). The summed E-state index contributed by atoms with van der Waals surface area (Å²) in [5.41, 5.74) is -0.0201. The second-order valence-corrected chi connectivity index (χ2v) is 12.5. The first-order valence-corrected chi connectivity index (χ1v) is 12.4. The van der Waals surface area contributed by atoms with E-state index in [0.29, 0.717) is 12.8 Å². The molecule has 2 aliphatic heterocycles. The van der Waals surface area contributed by atoms with E-state index in [4.69, 9.17) is 0 Å². The smallest absolute Gasteiger partial charge is 0.289 e. The Bertz CT molecular complexity index is 1000. The van der Waals surface area contributed by atoms with Crippen molar-refractivity contribution in [2.24, 2.45) is 16.7 Å². The van der Waals surface area contributed by atoms with Crippen LogP contribution in [0.2, 0.25) is 0 Å². The lowest BCUT2D eigenvalue weighted by Crippen LogP contribution is -2.46. The maximum atomic E-state index is 13.3. The molecule has 2 heterocycles. The van der Waals surface area contributed by atoms with Crippen LogP contribution in [0.5, 0.6) is 0 Å². The number of fused-ring (bicyclic) bond motifs is 2. The van der Waals surface area contributed by atoms with Gasteiger partial charge in [0.2, 0.25) is 15.9 Å². The van der Waals surface area contributed by atoms with Crippen LogP contribution < -0.4 is 0 Å². The molecule has 9 heteroatoms. The summed E-state index contributed by atoms with van der Waals surface area (Å²) in [6.07, 6.45) is 4.07. The van der Waals surface area contributed by atoms with Crippen LogP contribution in [-0.4, -0.2) is 54.1 Å². The van der Waals surface area contributed by atoms with Crippen molar-refractivity contribution in [2.45, 2.75) is 63.8 Å². The maximum Gasteiger partial charge on any atom is 0.289 e. The normalized spacial score (nSPS) is 29.1. The number of carbonyl (C=O) groups is 1. The third kappa shape index (κ3) is 4.09. The molecule has 0 N–H and O–H groups in total. The molecular weight excluding hydrogens is 418 g/mol. The van der Waals surface area contributed by atoms with Gasteiger partial charge in [-0.2, -0.15) is 4.31 Å². The number of nitro groups is 1. The van der Waals surface area contributed by atoms with Gasteiger partial charge in [-0.05, 0) is 49.0 Å². The predicted octanol–water partition coefficient (Wildman–Crippen LogP) is 3.42. The number of nitro benzene ring substituents is 1. The Hall–Kier alpha value is -2.00. The molecule has 1 aliphatic carbocycles. The highest BCUT2D eigenvalue weighted by molar-refractivity contribution is 7.89.